The lowest BCUT2D eigenvalue weighted by Crippen LogP contribution is -2.42. The first-order valence-corrected chi connectivity index (χ1v) is 11.2. The number of thiophene rings is 1. The van der Waals surface area contributed by atoms with E-state index in [1.165, 1.54) is 17.5 Å². The first-order chi connectivity index (χ1) is 13.7. The van der Waals surface area contributed by atoms with Gasteiger partial charge in [-0.1, -0.05) is 25.3 Å². The Morgan fingerprint density at radius 3 is 2.82 bits per heavy atom. The van der Waals surface area contributed by atoms with Crippen molar-refractivity contribution < 1.29 is 4.79 Å². The Bertz CT molecular complexity index is 862. The van der Waals surface area contributed by atoms with Gasteiger partial charge in [-0.15, -0.1) is 11.3 Å². The van der Waals surface area contributed by atoms with Crippen LogP contribution in [0.1, 0.15) is 55.2 Å². The highest BCUT2D eigenvalue weighted by atomic mass is 32.1. The zero-order valence-electron chi connectivity index (χ0n) is 16.2. The smallest absolute Gasteiger partial charge is 0.231 e. The number of hydrogen-bond acceptors (Lipinski definition) is 4. The van der Waals surface area contributed by atoms with Gasteiger partial charge in [0.1, 0.15) is 0 Å². The molecule has 0 radical (unpaired) electrons. The van der Waals surface area contributed by atoms with Crippen molar-refractivity contribution in [3.05, 3.63) is 52.4 Å². The summed E-state index contributed by atoms with van der Waals surface area (Å²) in [5, 5.41) is 15.3. The molecule has 1 N–H and O–H groups in total. The molecule has 2 aliphatic rings. The minimum atomic E-state index is -0.239. The van der Waals surface area contributed by atoms with Crippen LogP contribution in [-0.4, -0.2) is 23.9 Å². The van der Waals surface area contributed by atoms with Crippen LogP contribution in [0.4, 0.5) is 5.00 Å². The summed E-state index contributed by atoms with van der Waals surface area (Å²) < 4.78 is 0. The fraction of sp³-hybridized carbons (Fsp3) is 0.478. The van der Waals surface area contributed by atoms with E-state index in [2.05, 4.69) is 22.4 Å². The number of hydrogen-bond donors (Lipinski definition) is 1. The zero-order valence-corrected chi connectivity index (χ0v) is 17.1. The molecule has 0 atom stereocenters. The molecule has 1 aliphatic heterocycles. The maximum atomic E-state index is 13.2. The summed E-state index contributed by atoms with van der Waals surface area (Å²) in [6.45, 7) is 2.85. The molecule has 1 aliphatic carbocycles. The second kappa shape index (κ2) is 8.46. The predicted octanol–water partition coefficient (Wildman–Crippen LogP) is 4.96. The van der Waals surface area contributed by atoms with Crippen LogP contribution in [0.25, 0.3) is 0 Å². The number of nitrogens with one attached hydrogen (secondary N) is 1. The predicted molar refractivity (Wildman–Crippen MR) is 113 cm³/mol. The molecular formula is C23H27N3OS. The Labute approximate surface area is 171 Å². The van der Waals surface area contributed by atoms with E-state index in [0.29, 0.717) is 0 Å². The Morgan fingerprint density at radius 2 is 2.07 bits per heavy atom. The topological polar surface area (TPSA) is 56.1 Å². The quantitative estimate of drug-likeness (QED) is 0.781. The van der Waals surface area contributed by atoms with E-state index in [9.17, 15) is 10.1 Å². The van der Waals surface area contributed by atoms with Gasteiger partial charge in [0.2, 0.25) is 5.91 Å². The molecule has 2 heterocycles. The summed E-state index contributed by atoms with van der Waals surface area (Å²) in [4.78, 5) is 15.6. The number of amides is 1. The zero-order chi connectivity index (χ0) is 19.4. The van der Waals surface area contributed by atoms with Gasteiger partial charge in [0.05, 0.1) is 22.0 Å². The minimum Gasteiger partial charge on any atom is -0.317 e. The van der Waals surface area contributed by atoms with E-state index in [0.717, 1.165) is 68.7 Å². The molecular weight excluding hydrogens is 366 g/mol. The van der Waals surface area contributed by atoms with E-state index >= 15 is 0 Å². The first kappa shape index (κ1) is 19.2. The number of carbonyl (C=O) groups is 1. The molecule has 1 saturated carbocycles. The van der Waals surface area contributed by atoms with Crippen LogP contribution < -0.4 is 5.32 Å². The lowest BCUT2D eigenvalue weighted by molar-refractivity contribution is -0.128. The van der Waals surface area contributed by atoms with Crippen molar-refractivity contribution in [1.82, 2.24) is 4.90 Å². The summed E-state index contributed by atoms with van der Waals surface area (Å²) in [7, 11) is 0. The van der Waals surface area contributed by atoms with E-state index in [4.69, 9.17) is 0 Å². The Hall–Kier alpha value is -2.16. The number of nitriles is 1. The molecule has 0 bridgehead atoms. The highest BCUT2D eigenvalue weighted by Crippen LogP contribution is 2.41. The summed E-state index contributed by atoms with van der Waals surface area (Å²) in [6, 6.07) is 12.3. The second-order valence-corrected chi connectivity index (χ2v) is 9.09. The van der Waals surface area contributed by atoms with Crippen LogP contribution in [0.2, 0.25) is 0 Å². The van der Waals surface area contributed by atoms with Crippen LogP contribution in [0, 0.1) is 16.7 Å². The van der Waals surface area contributed by atoms with Crippen LogP contribution >= 0.6 is 11.3 Å². The molecule has 1 aromatic heterocycles. The number of rotatable bonds is 5. The minimum absolute atomic E-state index is 0.207. The maximum absolute atomic E-state index is 13.2. The van der Waals surface area contributed by atoms with E-state index in [1.54, 1.807) is 11.3 Å². The molecule has 1 fully saturated rings. The van der Waals surface area contributed by atoms with Gasteiger partial charge >= 0.3 is 0 Å². The SMILES string of the molecule is N#Cc1ccc2c(c1)CN(CCC1(C(=O)Nc3cccs3)CCCCC1)CC2. The van der Waals surface area contributed by atoms with Crippen molar-refractivity contribution in [2.45, 2.75) is 51.5 Å². The molecule has 0 spiro atoms. The molecule has 28 heavy (non-hydrogen) atoms. The first-order valence-electron chi connectivity index (χ1n) is 10.3. The molecule has 4 rings (SSSR count). The average Bonchev–Trinajstić information content (AvgIpc) is 3.25. The van der Waals surface area contributed by atoms with E-state index < -0.39 is 0 Å². The maximum Gasteiger partial charge on any atom is 0.231 e. The van der Waals surface area contributed by atoms with Gasteiger partial charge in [-0.05, 0) is 73.0 Å². The molecule has 146 valence electrons. The second-order valence-electron chi connectivity index (χ2n) is 8.14. The van der Waals surface area contributed by atoms with E-state index in [1.807, 2.05) is 29.6 Å². The van der Waals surface area contributed by atoms with Gasteiger partial charge < -0.3 is 5.32 Å². The molecule has 0 unspecified atom stereocenters. The van der Waals surface area contributed by atoms with Crippen LogP contribution in [-0.2, 0) is 17.8 Å². The summed E-state index contributed by atoms with van der Waals surface area (Å²) in [5.74, 6) is 0.207. The van der Waals surface area contributed by atoms with Crippen molar-refractivity contribution in [2.75, 3.05) is 18.4 Å². The highest BCUT2D eigenvalue weighted by Gasteiger charge is 2.39. The monoisotopic (exact) mass is 393 g/mol. The van der Waals surface area contributed by atoms with Gasteiger partial charge in [0, 0.05) is 13.1 Å². The van der Waals surface area contributed by atoms with Gasteiger partial charge in [-0.2, -0.15) is 5.26 Å². The third kappa shape index (κ3) is 4.14. The fourth-order valence-corrected chi connectivity index (χ4v) is 5.27. The number of nitrogens with zero attached hydrogens (tertiary/aromatic N) is 2. The number of fused-ring (bicyclic) bond motifs is 1. The standard InChI is InChI=1S/C23H27N3OS/c24-16-18-6-7-19-8-12-26(17-20(19)15-18)13-11-23(9-2-1-3-10-23)22(27)25-21-5-4-14-28-21/h4-7,14-15H,1-3,8-13,17H2,(H,25,27). The normalized spacial score (nSPS) is 18.8. The van der Waals surface area contributed by atoms with E-state index in [-0.39, 0.29) is 11.3 Å². The number of carbonyl (C=O) groups excluding carboxylic acids is 1. The Balaban J connectivity index is 1.43. The Kier molecular flexibility index (Phi) is 5.79. The van der Waals surface area contributed by atoms with Gasteiger partial charge in [0.15, 0.2) is 0 Å². The molecule has 0 saturated heterocycles. The molecule has 1 aromatic carbocycles. The highest BCUT2D eigenvalue weighted by molar-refractivity contribution is 7.14. The van der Waals surface area contributed by atoms with Crippen molar-refractivity contribution in [3.63, 3.8) is 0 Å². The Morgan fingerprint density at radius 1 is 1.21 bits per heavy atom. The van der Waals surface area contributed by atoms with Crippen molar-refractivity contribution >= 4 is 22.2 Å². The van der Waals surface area contributed by atoms with Gasteiger partial charge in [-0.3, -0.25) is 9.69 Å². The summed E-state index contributed by atoms with van der Waals surface area (Å²) in [5.41, 5.74) is 3.13. The summed E-state index contributed by atoms with van der Waals surface area (Å²) >= 11 is 1.59. The average molecular weight is 394 g/mol. The van der Waals surface area contributed by atoms with Crippen LogP contribution in [0.5, 0.6) is 0 Å². The van der Waals surface area contributed by atoms with Crippen LogP contribution in [0.15, 0.2) is 35.7 Å². The lowest BCUT2D eigenvalue weighted by atomic mass is 9.71. The largest absolute Gasteiger partial charge is 0.317 e. The summed E-state index contributed by atoms with van der Waals surface area (Å²) in [6.07, 6.45) is 7.45. The number of anilines is 1. The van der Waals surface area contributed by atoms with Crippen molar-refractivity contribution in [2.24, 2.45) is 5.41 Å². The number of benzene rings is 1. The van der Waals surface area contributed by atoms with Gasteiger partial charge in [0.25, 0.3) is 0 Å². The van der Waals surface area contributed by atoms with Crippen LogP contribution in [0.3, 0.4) is 0 Å². The van der Waals surface area contributed by atoms with Crippen molar-refractivity contribution in [1.29, 1.82) is 5.26 Å². The third-order valence-corrected chi connectivity index (χ3v) is 7.17. The lowest BCUT2D eigenvalue weighted by Gasteiger charge is -2.38. The molecule has 5 heteroatoms. The molecule has 1 amide bonds. The van der Waals surface area contributed by atoms with Crippen molar-refractivity contribution in [3.8, 4) is 6.07 Å². The molecule has 2 aromatic rings. The fourth-order valence-electron chi connectivity index (χ4n) is 4.66. The molecule has 4 nitrogen and oxygen atoms in total. The van der Waals surface area contributed by atoms with Gasteiger partial charge in [-0.25, -0.2) is 0 Å². The third-order valence-electron chi connectivity index (χ3n) is 6.38.